The second kappa shape index (κ2) is 8.52. The van der Waals surface area contributed by atoms with Crippen LogP contribution in [0, 0.1) is 0 Å². The van der Waals surface area contributed by atoms with Gasteiger partial charge >= 0.3 is 0 Å². The molecule has 0 saturated heterocycles. The summed E-state index contributed by atoms with van der Waals surface area (Å²) in [6, 6.07) is 12.2. The van der Waals surface area contributed by atoms with Crippen LogP contribution in [0.1, 0.15) is 25.7 Å². The lowest BCUT2D eigenvalue weighted by atomic mass is 10.1. The van der Waals surface area contributed by atoms with E-state index in [2.05, 4.69) is 29.6 Å². The Morgan fingerprint density at radius 3 is 2.43 bits per heavy atom. The molecule has 0 radical (unpaired) electrons. The standard InChI is InChI=1S/C17H19NO2S/c19-12-11-18-10-9-15-3-1-14(2-4-15)5-6-16-7-8-17(13-20)21-16/h1-8,13,18-19H,9-12H2/b6-5+. The molecule has 21 heavy (non-hydrogen) atoms. The Hall–Kier alpha value is -1.75. The molecule has 1 aromatic heterocycles. The first-order valence-corrected chi connectivity index (χ1v) is 7.77. The molecule has 3 nitrogen and oxygen atoms in total. The Morgan fingerprint density at radius 2 is 1.76 bits per heavy atom. The molecule has 1 aromatic carbocycles. The molecule has 2 rings (SSSR count). The number of thiophene rings is 1. The van der Waals surface area contributed by atoms with E-state index in [0.717, 1.165) is 34.6 Å². The quantitative estimate of drug-likeness (QED) is 0.582. The van der Waals surface area contributed by atoms with Crippen molar-refractivity contribution in [2.75, 3.05) is 19.7 Å². The van der Waals surface area contributed by atoms with Crippen molar-refractivity contribution in [3.05, 3.63) is 57.3 Å². The van der Waals surface area contributed by atoms with E-state index < -0.39 is 0 Å². The molecule has 2 aromatic rings. The first-order valence-electron chi connectivity index (χ1n) is 6.95. The van der Waals surface area contributed by atoms with E-state index >= 15 is 0 Å². The highest BCUT2D eigenvalue weighted by Crippen LogP contribution is 2.17. The van der Waals surface area contributed by atoms with Gasteiger partial charge in [0.15, 0.2) is 6.29 Å². The van der Waals surface area contributed by atoms with Gasteiger partial charge in [0.2, 0.25) is 0 Å². The Morgan fingerprint density at radius 1 is 1.00 bits per heavy atom. The number of carbonyl (C=O) groups excluding carboxylic acids is 1. The summed E-state index contributed by atoms with van der Waals surface area (Å²) < 4.78 is 0. The number of aliphatic hydroxyl groups excluding tert-OH is 1. The lowest BCUT2D eigenvalue weighted by Crippen LogP contribution is -2.20. The van der Waals surface area contributed by atoms with Crippen LogP contribution in [0.5, 0.6) is 0 Å². The maximum absolute atomic E-state index is 10.6. The minimum Gasteiger partial charge on any atom is -0.395 e. The topological polar surface area (TPSA) is 49.3 Å². The van der Waals surface area contributed by atoms with Gasteiger partial charge in [-0.1, -0.05) is 30.3 Å². The molecule has 0 bridgehead atoms. The third-order valence-corrected chi connectivity index (χ3v) is 4.04. The first kappa shape index (κ1) is 15.6. The van der Waals surface area contributed by atoms with Gasteiger partial charge in [-0.05, 0) is 42.3 Å². The number of benzene rings is 1. The van der Waals surface area contributed by atoms with Crippen LogP contribution in [0.4, 0.5) is 0 Å². The second-order valence-electron chi connectivity index (χ2n) is 4.66. The fourth-order valence-corrected chi connectivity index (χ4v) is 2.66. The van der Waals surface area contributed by atoms with Gasteiger partial charge in [0, 0.05) is 11.4 Å². The van der Waals surface area contributed by atoms with Gasteiger partial charge in [-0.2, -0.15) is 0 Å². The third-order valence-electron chi connectivity index (χ3n) is 3.06. The fourth-order valence-electron chi connectivity index (χ4n) is 1.93. The predicted octanol–water partition coefficient (Wildman–Crippen LogP) is 2.86. The van der Waals surface area contributed by atoms with Crippen LogP contribution >= 0.6 is 11.3 Å². The van der Waals surface area contributed by atoms with Crippen molar-refractivity contribution < 1.29 is 9.90 Å². The Kier molecular flexibility index (Phi) is 6.34. The highest BCUT2D eigenvalue weighted by molar-refractivity contribution is 7.14. The van der Waals surface area contributed by atoms with Crippen molar-refractivity contribution in [2.45, 2.75) is 6.42 Å². The Labute approximate surface area is 128 Å². The van der Waals surface area contributed by atoms with E-state index in [1.54, 1.807) is 0 Å². The molecule has 0 atom stereocenters. The molecule has 0 spiro atoms. The summed E-state index contributed by atoms with van der Waals surface area (Å²) >= 11 is 1.49. The van der Waals surface area contributed by atoms with Crippen LogP contribution < -0.4 is 5.32 Å². The van der Waals surface area contributed by atoms with Gasteiger partial charge in [-0.25, -0.2) is 0 Å². The molecule has 0 unspecified atom stereocenters. The minimum absolute atomic E-state index is 0.179. The lowest BCUT2D eigenvalue weighted by molar-refractivity contribution is 0.112. The van der Waals surface area contributed by atoms with Crippen molar-refractivity contribution >= 4 is 29.8 Å². The van der Waals surface area contributed by atoms with Crippen LogP contribution in [-0.2, 0) is 6.42 Å². The molecular formula is C17H19NO2S. The molecule has 0 amide bonds. The number of rotatable bonds is 8. The summed E-state index contributed by atoms with van der Waals surface area (Å²) in [6.07, 6.45) is 5.91. The van der Waals surface area contributed by atoms with E-state index in [0.29, 0.717) is 6.54 Å². The van der Waals surface area contributed by atoms with Crippen molar-refractivity contribution in [3.8, 4) is 0 Å². The maximum atomic E-state index is 10.6. The molecule has 0 aliphatic heterocycles. The first-order chi connectivity index (χ1) is 10.3. The molecule has 4 heteroatoms. The smallest absolute Gasteiger partial charge is 0.160 e. The van der Waals surface area contributed by atoms with Gasteiger partial charge in [-0.3, -0.25) is 4.79 Å². The number of aliphatic hydroxyl groups is 1. The van der Waals surface area contributed by atoms with Gasteiger partial charge in [0.25, 0.3) is 0 Å². The normalized spacial score (nSPS) is 11.1. The number of hydrogen-bond acceptors (Lipinski definition) is 4. The van der Waals surface area contributed by atoms with Gasteiger partial charge in [0.05, 0.1) is 11.5 Å². The third kappa shape index (κ3) is 5.27. The molecule has 0 saturated carbocycles. The summed E-state index contributed by atoms with van der Waals surface area (Å²) in [5.74, 6) is 0. The number of aldehydes is 1. The average Bonchev–Trinajstić information content (AvgIpc) is 2.99. The Balaban J connectivity index is 1.88. The predicted molar refractivity (Wildman–Crippen MR) is 88.7 cm³/mol. The van der Waals surface area contributed by atoms with Crippen molar-refractivity contribution in [1.82, 2.24) is 5.32 Å². The zero-order valence-electron chi connectivity index (χ0n) is 11.8. The summed E-state index contributed by atoms with van der Waals surface area (Å²) in [7, 11) is 0. The summed E-state index contributed by atoms with van der Waals surface area (Å²) in [6.45, 7) is 1.70. The molecular weight excluding hydrogens is 282 g/mol. The van der Waals surface area contributed by atoms with Crippen LogP contribution in [0.15, 0.2) is 36.4 Å². The minimum atomic E-state index is 0.179. The van der Waals surface area contributed by atoms with Crippen LogP contribution in [-0.4, -0.2) is 31.1 Å². The summed E-state index contributed by atoms with van der Waals surface area (Å²) in [4.78, 5) is 12.5. The van der Waals surface area contributed by atoms with Crippen LogP contribution in [0.3, 0.4) is 0 Å². The second-order valence-corrected chi connectivity index (χ2v) is 5.80. The molecule has 0 aliphatic carbocycles. The maximum Gasteiger partial charge on any atom is 0.160 e. The number of nitrogens with one attached hydrogen (secondary N) is 1. The van der Waals surface area contributed by atoms with E-state index in [1.165, 1.54) is 16.9 Å². The zero-order valence-corrected chi connectivity index (χ0v) is 12.6. The summed E-state index contributed by atoms with van der Waals surface area (Å²) in [5.41, 5.74) is 2.42. The molecule has 0 fully saturated rings. The fraction of sp³-hybridized carbons (Fsp3) is 0.235. The van der Waals surface area contributed by atoms with Gasteiger partial charge < -0.3 is 10.4 Å². The van der Waals surface area contributed by atoms with E-state index in [9.17, 15) is 4.79 Å². The van der Waals surface area contributed by atoms with E-state index in [-0.39, 0.29) is 6.61 Å². The average molecular weight is 301 g/mol. The Bertz CT molecular complexity index is 587. The highest BCUT2D eigenvalue weighted by Gasteiger charge is 1.96. The van der Waals surface area contributed by atoms with Crippen LogP contribution in [0.2, 0.25) is 0 Å². The molecule has 110 valence electrons. The van der Waals surface area contributed by atoms with Crippen molar-refractivity contribution in [2.24, 2.45) is 0 Å². The number of hydrogen-bond donors (Lipinski definition) is 2. The summed E-state index contributed by atoms with van der Waals surface area (Å²) in [5, 5.41) is 11.8. The highest BCUT2D eigenvalue weighted by atomic mass is 32.1. The lowest BCUT2D eigenvalue weighted by Gasteiger charge is -2.03. The van der Waals surface area contributed by atoms with Crippen molar-refractivity contribution in [3.63, 3.8) is 0 Å². The molecule has 1 heterocycles. The van der Waals surface area contributed by atoms with Gasteiger partial charge in [-0.15, -0.1) is 11.3 Å². The van der Waals surface area contributed by atoms with Gasteiger partial charge in [0.1, 0.15) is 0 Å². The zero-order chi connectivity index (χ0) is 14.9. The molecule has 2 N–H and O–H groups in total. The number of carbonyl (C=O) groups is 1. The molecule has 0 aliphatic rings. The van der Waals surface area contributed by atoms with E-state index in [1.807, 2.05) is 24.3 Å². The largest absolute Gasteiger partial charge is 0.395 e. The van der Waals surface area contributed by atoms with Crippen LogP contribution in [0.25, 0.3) is 12.2 Å². The monoisotopic (exact) mass is 301 g/mol. The van der Waals surface area contributed by atoms with Crippen molar-refractivity contribution in [1.29, 1.82) is 0 Å². The van der Waals surface area contributed by atoms with E-state index in [4.69, 9.17) is 5.11 Å². The SMILES string of the molecule is O=Cc1ccc(/C=C/c2ccc(CCNCCO)cc2)s1.